The monoisotopic (exact) mass is 421 g/mol. The summed E-state index contributed by atoms with van der Waals surface area (Å²) in [6.45, 7) is 8.99. The molecule has 7 heteroatoms. The van der Waals surface area contributed by atoms with Crippen LogP contribution >= 0.6 is 11.5 Å². The molecule has 6 nitrogen and oxygen atoms in total. The second-order valence-electron chi connectivity index (χ2n) is 7.83. The minimum atomic E-state index is -0.0376. The van der Waals surface area contributed by atoms with Gasteiger partial charge in [-0.2, -0.15) is 4.37 Å². The molecule has 0 saturated carbocycles. The molecule has 4 rings (SSSR count). The maximum Gasteiger partial charge on any atom is 0.321 e. The normalized spacial score (nSPS) is 14.1. The van der Waals surface area contributed by atoms with Crippen molar-refractivity contribution in [1.82, 2.24) is 14.3 Å². The Kier molecular flexibility index (Phi) is 5.99. The fourth-order valence-electron chi connectivity index (χ4n) is 3.63. The average Bonchev–Trinajstić information content (AvgIpc) is 3.21. The van der Waals surface area contributed by atoms with Crippen molar-refractivity contribution in [2.24, 2.45) is 0 Å². The van der Waals surface area contributed by atoms with Crippen molar-refractivity contribution in [3.05, 3.63) is 70.5 Å². The van der Waals surface area contributed by atoms with Crippen molar-refractivity contribution >= 4 is 28.4 Å². The number of hydrogen-bond acceptors (Lipinski definition) is 5. The van der Waals surface area contributed by atoms with E-state index < -0.39 is 0 Å². The van der Waals surface area contributed by atoms with Gasteiger partial charge in [0.05, 0.1) is 0 Å². The number of hydrogen-bond donors (Lipinski definition) is 1. The van der Waals surface area contributed by atoms with Gasteiger partial charge < -0.3 is 15.1 Å². The quantitative estimate of drug-likeness (QED) is 0.678. The first-order valence-corrected chi connectivity index (χ1v) is 11.0. The second-order valence-corrected chi connectivity index (χ2v) is 8.56. The second kappa shape index (κ2) is 8.83. The third kappa shape index (κ3) is 4.62. The Bertz CT molecular complexity index is 1000. The van der Waals surface area contributed by atoms with Gasteiger partial charge in [-0.25, -0.2) is 9.78 Å². The molecule has 0 aliphatic carbocycles. The molecule has 0 atom stereocenters. The third-order valence-corrected chi connectivity index (χ3v) is 6.31. The van der Waals surface area contributed by atoms with Crippen LogP contribution in [-0.4, -0.2) is 46.5 Å². The van der Waals surface area contributed by atoms with Gasteiger partial charge >= 0.3 is 6.03 Å². The number of benzene rings is 2. The first-order chi connectivity index (χ1) is 14.5. The molecule has 1 fully saturated rings. The Hall–Kier alpha value is -2.93. The van der Waals surface area contributed by atoms with Gasteiger partial charge in [-0.05, 0) is 37.5 Å². The zero-order valence-corrected chi connectivity index (χ0v) is 18.5. The van der Waals surface area contributed by atoms with Crippen LogP contribution in [0.3, 0.4) is 0 Å². The van der Waals surface area contributed by atoms with Crippen molar-refractivity contribution in [2.45, 2.75) is 27.2 Å². The number of aryl methyl sites for hydroxylation is 3. The van der Waals surface area contributed by atoms with E-state index in [0.29, 0.717) is 13.1 Å². The molecule has 2 aromatic carbocycles. The van der Waals surface area contributed by atoms with Gasteiger partial charge in [-0.3, -0.25) is 0 Å². The lowest BCUT2D eigenvalue weighted by molar-refractivity contribution is 0.208. The van der Waals surface area contributed by atoms with Crippen molar-refractivity contribution in [2.75, 3.05) is 36.4 Å². The third-order valence-electron chi connectivity index (χ3n) is 5.49. The summed E-state index contributed by atoms with van der Waals surface area (Å²) in [5.41, 5.74) is 5.55. The summed E-state index contributed by atoms with van der Waals surface area (Å²) >= 11 is 1.44. The molecule has 1 aromatic heterocycles. The number of urea groups is 1. The van der Waals surface area contributed by atoms with E-state index in [1.165, 1.54) is 22.7 Å². The maximum absolute atomic E-state index is 12.7. The van der Waals surface area contributed by atoms with Crippen LogP contribution in [0.15, 0.2) is 42.5 Å². The fraction of sp³-hybridized carbons (Fsp3) is 0.348. The SMILES string of the molecule is Cc1ccc(Cc2nsc(N3CCN(C(=O)Nc4c(C)cccc4C)CC3)n2)cc1. The number of carbonyl (C=O) groups is 1. The lowest BCUT2D eigenvalue weighted by atomic mass is 10.1. The molecule has 1 aliphatic rings. The van der Waals surface area contributed by atoms with Crippen LogP contribution in [0.2, 0.25) is 0 Å². The fourth-order valence-corrected chi connectivity index (χ4v) is 4.37. The Balaban J connectivity index is 1.33. The number of carbonyl (C=O) groups excluding carboxylic acids is 1. The van der Waals surface area contributed by atoms with E-state index in [0.717, 1.165) is 47.3 Å². The molecule has 0 bridgehead atoms. The van der Waals surface area contributed by atoms with Crippen LogP contribution in [0.4, 0.5) is 15.6 Å². The van der Waals surface area contributed by atoms with E-state index in [4.69, 9.17) is 4.98 Å². The summed E-state index contributed by atoms with van der Waals surface area (Å²) in [6.07, 6.45) is 0.745. The Morgan fingerprint density at radius 3 is 2.33 bits per heavy atom. The van der Waals surface area contributed by atoms with Crippen molar-refractivity contribution in [3.63, 3.8) is 0 Å². The molecule has 1 saturated heterocycles. The minimum absolute atomic E-state index is 0.0376. The van der Waals surface area contributed by atoms with Gasteiger partial charge in [0.1, 0.15) is 5.82 Å². The summed E-state index contributed by atoms with van der Waals surface area (Å²) in [5.74, 6) is 0.856. The van der Waals surface area contributed by atoms with Crippen LogP contribution in [0, 0.1) is 20.8 Å². The molecule has 3 aromatic rings. The Morgan fingerprint density at radius 1 is 1.00 bits per heavy atom. The van der Waals surface area contributed by atoms with Gasteiger partial charge in [-0.15, -0.1) is 0 Å². The molecule has 30 heavy (non-hydrogen) atoms. The number of nitrogens with zero attached hydrogens (tertiary/aromatic N) is 4. The summed E-state index contributed by atoms with van der Waals surface area (Å²) in [4.78, 5) is 21.5. The Morgan fingerprint density at radius 2 is 1.67 bits per heavy atom. The van der Waals surface area contributed by atoms with E-state index in [9.17, 15) is 4.79 Å². The van der Waals surface area contributed by atoms with Crippen LogP contribution in [-0.2, 0) is 6.42 Å². The van der Waals surface area contributed by atoms with Crippen LogP contribution in [0.25, 0.3) is 0 Å². The van der Waals surface area contributed by atoms with Crippen LogP contribution in [0.5, 0.6) is 0 Å². The van der Waals surface area contributed by atoms with Gasteiger partial charge in [-0.1, -0.05) is 48.0 Å². The van der Waals surface area contributed by atoms with E-state index in [1.54, 1.807) is 0 Å². The maximum atomic E-state index is 12.7. The highest BCUT2D eigenvalue weighted by molar-refractivity contribution is 7.09. The molecule has 2 heterocycles. The van der Waals surface area contributed by atoms with E-state index in [2.05, 4.69) is 45.8 Å². The summed E-state index contributed by atoms with van der Waals surface area (Å²) in [6, 6.07) is 14.5. The molecule has 1 aliphatic heterocycles. The van der Waals surface area contributed by atoms with E-state index in [1.807, 2.05) is 36.9 Å². The van der Waals surface area contributed by atoms with Gasteiger partial charge in [0.25, 0.3) is 0 Å². The predicted molar refractivity (Wildman–Crippen MR) is 123 cm³/mol. The molecule has 156 valence electrons. The van der Waals surface area contributed by atoms with Crippen molar-refractivity contribution < 1.29 is 4.79 Å². The molecule has 1 N–H and O–H groups in total. The topological polar surface area (TPSA) is 61.4 Å². The molecule has 0 radical (unpaired) electrons. The van der Waals surface area contributed by atoms with Crippen molar-refractivity contribution in [3.8, 4) is 0 Å². The van der Waals surface area contributed by atoms with E-state index >= 15 is 0 Å². The number of anilines is 2. The predicted octanol–water partition coefficient (Wildman–Crippen LogP) is 4.41. The minimum Gasteiger partial charge on any atom is -0.343 e. The zero-order valence-electron chi connectivity index (χ0n) is 17.7. The van der Waals surface area contributed by atoms with Crippen LogP contribution in [0.1, 0.15) is 28.1 Å². The Labute approximate surface area is 181 Å². The highest BCUT2D eigenvalue weighted by atomic mass is 32.1. The highest BCUT2D eigenvalue weighted by Gasteiger charge is 2.24. The number of rotatable bonds is 4. The lowest BCUT2D eigenvalue weighted by Crippen LogP contribution is -2.50. The molecule has 0 spiro atoms. The van der Waals surface area contributed by atoms with Crippen LogP contribution < -0.4 is 10.2 Å². The standard InChI is InChI=1S/C23H27N5OS/c1-16-7-9-19(10-8-16)15-20-24-23(30-26-20)28-13-11-27(12-14-28)22(29)25-21-17(2)5-4-6-18(21)3/h4-10H,11-15H2,1-3H3,(H,25,29). The lowest BCUT2D eigenvalue weighted by Gasteiger charge is -2.34. The van der Waals surface area contributed by atoms with Gasteiger partial charge in [0.2, 0.25) is 5.13 Å². The molecular formula is C23H27N5OS. The smallest absolute Gasteiger partial charge is 0.321 e. The van der Waals surface area contributed by atoms with Crippen molar-refractivity contribution in [1.29, 1.82) is 0 Å². The number of nitrogens with one attached hydrogen (secondary N) is 1. The number of aromatic nitrogens is 2. The molecule has 0 unspecified atom stereocenters. The molecular weight excluding hydrogens is 394 g/mol. The number of amides is 2. The summed E-state index contributed by atoms with van der Waals surface area (Å²) in [5, 5.41) is 4.02. The van der Waals surface area contributed by atoms with Gasteiger partial charge in [0.15, 0.2) is 0 Å². The number of para-hydroxylation sites is 1. The first kappa shape index (κ1) is 20.3. The van der Waals surface area contributed by atoms with E-state index in [-0.39, 0.29) is 6.03 Å². The summed E-state index contributed by atoms with van der Waals surface area (Å²) < 4.78 is 4.53. The van der Waals surface area contributed by atoms with Gasteiger partial charge in [0, 0.05) is 49.8 Å². The highest BCUT2D eigenvalue weighted by Crippen LogP contribution is 2.22. The average molecular weight is 422 g/mol. The number of piperazine rings is 1. The zero-order chi connectivity index (χ0) is 21.1. The largest absolute Gasteiger partial charge is 0.343 e. The summed E-state index contributed by atoms with van der Waals surface area (Å²) in [7, 11) is 0. The molecule has 2 amide bonds. The first-order valence-electron chi connectivity index (χ1n) is 10.2.